The zero-order valence-electron chi connectivity index (χ0n) is 11.3. The maximum absolute atomic E-state index is 12.4. The maximum atomic E-state index is 12.4. The minimum absolute atomic E-state index is 0.0103. The minimum Gasteiger partial charge on any atom is -0.394 e. The molecule has 1 aliphatic carbocycles. The number of rotatable bonds is 5. The van der Waals surface area contributed by atoms with Gasteiger partial charge >= 0.3 is 0 Å². The number of nitrogens with one attached hydrogen (secondary N) is 1. The molecule has 2 N–H and O–H groups in total. The van der Waals surface area contributed by atoms with E-state index in [1.165, 1.54) is 0 Å². The molecule has 2 rings (SSSR count). The summed E-state index contributed by atoms with van der Waals surface area (Å²) in [5.41, 5.74) is 0.599. The smallest absolute Gasteiger partial charge is 0.228 e. The predicted octanol–water partition coefficient (Wildman–Crippen LogP) is 2.72. The summed E-state index contributed by atoms with van der Waals surface area (Å²) in [6.45, 7) is 4.07. The molecule has 0 bridgehead atoms. The van der Waals surface area contributed by atoms with Gasteiger partial charge in [-0.1, -0.05) is 37.6 Å². The molecule has 3 nitrogen and oxygen atoms in total. The summed E-state index contributed by atoms with van der Waals surface area (Å²) in [5, 5.41) is 13.0. The normalized spacial score (nSPS) is 18.2. The fourth-order valence-electron chi connectivity index (χ4n) is 2.32. The second-order valence-corrected chi connectivity index (χ2v) is 6.14. The van der Waals surface area contributed by atoms with Crippen LogP contribution in [-0.2, 0) is 4.79 Å². The molecule has 1 unspecified atom stereocenters. The molecule has 0 radical (unpaired) electrons. The van der Waals surface area contributed by atoms with Crippen molar-refractivity contribution in [2.75, 3.05) is 6.61 Å². The summed E-state index contributed by atoms with van der Waals surface area (Å²) in [5.74, 6) is -0.0270. The first-order valence-electron chi connectivity index (χ1n) is 6.66. The lowest BCUT2D eigenvalue weighted by Gasteiger charge is -2.24. The summed E-state index contributed by atoms with van der Waals surface area (Å²) in [7, 11) is 0. The Morgan fingerprint density at radius 1 is 1.37 bits per heavy atom. The fraction of sp³-hybridized carbons (Fsp3) is 0.533. The quantitative estimate of drug-likeness (QED) is 0.872. The van der Waals surface area contributed by atoms with E-state index in [1.807, 2.05) is 26.0 Å². The van der Waals surface area contributed by atoms with Crippen molar-refractivity contribution in [3.8, 4) is 0 Å². The number of hydrogen-bond acceptors (Lipinski definition) is 2. The molecule has 0 aliphatic heterocycles. The van der Waals surface area contributed by atoms with E-state index in [9.17, 15) is 9.90 Å². The standard InChI is InChI=1S/C15H20ClNO2/c1-10(2)13(11-3-5-12(16)6-4-11)14(19)17-15(9-18)7-8-15/h3-6,10,13,18H,7-9H2,1-2H3,(H,17,19). The van der Waals surface area contributed by atoms with Crippen molar-refractivity contribution in [1.29, 1.82) is 0 Å². The number of aliphatic hydroxyl groups excluding tert-OH is 1. The van der Waals surface area contributed by atoms with E-state index in [-0.39, 0.29) is 29.9 Å². The number of carbonyl (C=O) groups excluding carboxylic acids is 1. The Hall–Kier alpha value is -1.06. The number of carbonyl (C=O) groups is 1. The predicted molar refractivity (Wildman–Crippen MR) is 76.2 cm³/mol. The zero-order valence-corrected chi connectivity index (χ0v) is 12.1. The molecule has 1 amide bonds. The molecule has 19 heavy (non-hydrogen) atoms. The molecule has 104 valence electrons. The van der Waals surface area contributed by atoms with Crippen LogP contribution in [0.2, 0.25) is 5.02 Å². The summed E-state index contributed by atoms with van der Waals surface area (Å²) in [6.07, 6.45) is 1.72. The Labute approximate surface area is 119 Å². The van der Waals surface area contributed by atoms with Crippen LogP contribution >= 0.6 is 11.6 Å². The Morgan fingerprint density at radius 2 is 1.95 bits per heavy atom. The van der Waals surface area contributed by atoms with E-state index >= 15 is 0 Å². The topological polar surface area (TPSA) is 49.3 Å². The Morgan fingerprint density at radius 3 is 2.37 bits per heavy atom. The molecule has 1 saturated carbocycles. The van der Waals surface area contributed by atoms with Gasteiger partial charge in [0.05, 0.1) is 18.1 Å². The van der Waals surface area contributed by atoms with E-state index in [1.54, 1.807) is 12.1 Å². The number of halogens is 1. The van der Waals surface area contributed by atoms with E-state index in [2.05, 4.69) is 5.32 Å². The second-order valence-electron chi connectivity index (χ2n) is 5.70. The Balaban J connectivity index is 2.16. The molecule has 1 aliphatic rings. The first-order chi connectivity index (χ1) is 8.97. The molecule has 1 fully saturated rings. The van der Waals surface area contributed by atoms with Gasteiger partial charge in [0.15, 0.2) is 0 Å². The Kier molecular flexibility index (Phi) is 4.16. The highest BCUT2D eigenvalue weighted by molar-refractivity contribution is 6.30. The van der Waals surface area contributed by atoms with Crippen molar-refractivity contribution in [3.63, 3.8) is 0 Å². The Bertz CT molecular complexity index is 452. The average molecular weight is 282 g/mol. The van der Waals surface area contributed by atoms with Gasteiger partial charge in [-0.05, 0) is 36.5 Å². The lowest BCUT2D eigenvalue weighted by atomic mass is 9.87. The van der Waals surface area contributed by atoms with Crippen molar-refractivity contribution in [1.82, 2.24) is 5.32 Å². The van der Waals surface area contributed by atoms with Crippen LogP contribution in [0.25, 0.3) is 0 Å². The first kappa shape index (κ1) is 14.4. The number of aliphatic hydroxyl groups is 1. The van der Waals surface area contributed by atoms with Gasteiger partial charge in [0, 0.05) is 5.02 Å². The molecule has 0 spiro atoms. The van der Waals surface area contributed by atoms with Gasteiger partial charge in [-0.25, -0.2) is 0 Å². The highest BCUT2D eigenvalue weighted by Gasteiger charge is 2.44. The van der Waals surface area contributed by atoms with E-state index in [4.69, 9.17) is 11.6 Å². The monoisotopic (exact) mass is 281 g/mol. The van der Waals surface area contributed by atoms with E-state index < -0.39 is 0 Å². The van der Waals surface area contributed by atoms with Crippen LogP contribution in [0.1, 0.15) is 38.2 Å². The largest absolute Gasteiger partial charge is 0.394 e. The minimum atomic E-state index is -0.364. The molecule has 1 aromatic rings. The van der Waals surface area contributed by atoms with Crippen molar-refractivity contribution in [2.45, 2.75) is 38.1 Å². The van der Waals surface area contributed by atoms with Gasteiger partial charge in [-0.15, -0.1) is 0 Å². The molecule has 0 saturated heterocycles. The first-order valence-corrected chi connectivity index (χ1v) is 7.03. The molecule has 0 aromatic heterocycles. The molecular weight excluding hydrogens is 262 g/mol. The van der Waals surface area contributed by atoms with Crippen LogP contribution in [0.15, 0.2) is 24.3 Å². The van der Waals surface area contributed by atoms with Gasteiger partial charge in [0.1, 0.15) is 0 Å². The average Bonchev–Trinajstić information content (AvgIpc) is 3.12. The van der Waals surface area contributed by atoms with Crippen LogP contribution in [0, 0.1) is 5.92 Å². The van der Waals surface area contributed by atoms with Gasteiger partial charge < -0.3 is 10.4 Å². The number of benzene rings is 1. The lowest BCUT2D eigenvalue weighted by Crippen LogP contribution is -2.43. The molecule has 0 heterocycles. The van der Waals surface area contributed by atoms with Gasteiger partial charge in [-0.3, -0.25) is 4.79 Å². The third kappa shape index (κ3) is 3.28. The summed E-state index contributed by atoms with van der Waals surface area (Å²) in [4.78, 5) is 12.4. The van der Waals surface area contributed by atoms with Crippen molar-refractivity contribution < 1.29 is 9.90 Å². The van der Waals surface area contributed by atoms with Gasteiger partial charge in [0.2, 0.25) is 5.91 Å². The molecule has 1 atom stereocenters. The summed E-state index contributed by atoms with van der Waals surface area (Å²) < 4.78 is 0. The van der Waals surface area contributed by atoms with Crippen molar-refractivity contribution in [2.24, 2.45) is 5.92 Å². The summed E-state index contributed by atoms with van der Waals surface area (Å²) >= 11 is 5.88. The highest BCUT2D eigenvalue weighted by Crippen LogP contribution is 2.36. The lowest BCUT2D eigenvalue weighted by molar-refractivity contribution is -0.124. The van der Waals surface area contributed by atoms with Crippen molar-refractivity contribution in [3.05, 3.63) is 34.9 Å². The third-order valence-corrected chi connectivity index (χ3v) is 3.97. The van der Waals surface area contributed by atoms with E-state index in [0.717, 1.165) is 18.4 Å². The molecule has 1 aromatic carbocycles. The maximum Gasteiger partial charge on any atom is 0.228 e. The summed E-state index contributed by atoms with van der Waals surface area (Å²) in [6, 6.07) is 7.40. The fourth-order valence-corrected chi connectivity index (χ4v) is 2.45. The van der Waals surface area contributed by atoms with Gasteiger partial charge in [0.25, 0.3) is 0 Å². The highest BCUT2D eigenvalue weighted by atomic mass is 35.5. The zero-order chi connectivity index (χ0) is 14.0. The van der Waals surface area contributed by atoms with Crippen LogP contribution < -0.4 is 5.32 Å². The van der Waals surface area contributed by atoms with Crippen LogP contribution in [0.5, 0.6) is 0 Å². The van der Waals surface area contributed by atoms with E-state index in [0.29, 0.717) is 5.02 Å². The van der Waals surface area contributed by atoms with Crippen LogP contribution in [0.3, 0.4) is 0 Å². The third-order valence-electron chi connectivity index (χ3n) is 3.72. The van der Waals surface area contributed by atoms with Crippen LogP contribution in [0.4, 0.5) is 0 Å². The van der Waals surface area contributed by atoms with Crippen LogP contribution in [-0.4, -0.2) is 23.2 Å². The number of hydrogen-bond donors (Lipinski definition) is 2. The number of amides is 1. The molecular formula is C15H20ClNO2. The van der Waals surface area contributed by atoms with Gasteiger partial charge in [-0.2, -0.15) is 0 Å². The SMILES string of the molecule is CC(C)C(C(=O)NC1(CO)CC1)c1ccc(Cl)cc1. The second kappa shape index (κ2) is 5.51. The van der Waals surface area contributed by atoms with Crippen molar-refractivity contribution >= 4 is 17.5 Å². The molecule has 4 heteroatoms.